The number of hydrogen-bond donors (Lipinski definition) is 3. The Morgan fingerprint density at radius 2 is 1.77 bits per heavy atom. The summed E-state index contributed by atoms with van der Waals surface area (Å²) in [6.45, 7) is 1.15. The third kappa shape index (κ3) is 5.08. The fourth-order valence-electron chi connectivity index (χ4n) is 4.91. The molecule has 3 aromatic carbocycles. The van der Waals surface area contributed by atoms with E-state index < -0.39 is 24.0 Å². The van der Waals surface area contributed by atoms with E-state index in [0.717, 1.165) is 10.2 Å². The molecule has 0 atom stereocenters. The standard InChI is InChI=1S/C31H26N6O5S/c1-18-27(30(40)37(35(18)2)20-10-4-3-5-11-20)34-25(39)17-42-31(41)19-9-8-12-21(15-19)36-16-23(38)26(28(36)32)29-33-22-13-6-7-14-24(22)43-29/h3-15,32,38H,16-17H2,1-2H3,(H,34,39). The van der Waals surface area contributed by atoms with Gasteiger partial charge in [0.2, 0.25) is 0 Å². The Hall–Kier alpha value is -5.49. The minimum absolute atomic E-state index is 0.0104. The minimum atomic E-state index is -0.752. The average Bonchev–Trinajstić information content (AvgIpc) is 3.63. The normalized spacial score (nSPS) is 13.2. The first-order valence-electron chi connectivity index (χ1n) is 13.3. The molecule has 5 aromatic rings. The van der Waals surface area contributed by atoms with Crippen molar-refractivity contribution in [1.82, 2.24) is 14.3 Å². The molecule has 0 fully saturated rings. The number of aromatic nitrogens is 3. The predicted molar refractivity (Wildman–Crippen MR) is 165 cm³/mol. The first-order chi connectivity index (χ1) is 20.7. The van der Waals surface area contributed by atoms with Crippen LogP contribution in [-0.4, -0.2) is 50.3 Å². The highest BCUT2D eigenvalue weighted by Crippen LogP contribution is 2.35. The number of fused-ring (bicyclic) bond motifs is 1. The van der Waals surface area contributed by atoms with Crippen molar-refractivity contribution in [2.75, 3.05) is 23.4 Å². The molecule has 3 heterocycles. The number of para-hydroxylation sites is 2. The van der Waals surface area contributed by atoms with Crippen LogP contribution in [0.2, 0.25) is 0 Å². The smallest absolute Gasteiger partial charge is 0.338 e. The van der Waals surface area contributed by atoms with Crippen LogP contribution in [0.3, 0.4) is 0 Å². The average molecular weight is 595 g/mol. The van der Waals surface area contributed by atoms with E-state index in [2.05, 4.69) is 10.3 Å². The van der Waals surface area contributed by atoms with Crippen molar-refractivity contribution in [3.63, 3.8) is 0 Å². The molecule has 6 rings (SSSR count). The van der Waals surface area contributed by atoms with Gasteiger partial charge in [0.1, 0.15) is 22.3 Å². The number of rotatable bonds is 7. The Bertz CT molecular complexity index is 1970. The van der Waals surface area contributed by atoms with Crippen LogP contribution in [0.15, 0.2) is 89.4 Å². The molecule has 0 aliphatic carbocycles. The number of amidine groups is 1. The van der Waals surface area contributed by atoms with Gasteiger partial charge in [0, 0.05) is 12.7 Å². The van der Waals surface area contributed by atoms with E-state index in [1.165, 1.54) is 28.2 Å². The second kappa shape index (κ2) is 11.1. The molecule has 0 radical (unpaired) electrons. The number of aliphatic hydroxyl groups excluding tert-OH is 1. The fraction of sp³-hybridized carbons (Fsp3) is 0.129. The number of nitrogens with one attached hydrogen (secondary N) is 2. The first-order valence-corrected chi connectivity index (χ1v) is 14.1. The summed E-state index contributed by atoms with van der Waals surface area (Å²) < 4.78 is 9.27. The molecule has 2 aromatic heterocycles. The summed E-state index contributed by atoms with van der Waals surface area (Å²) in [5.41, 5.74) is 2.65. The summed E-state index contributed by atoms with van der Waals surface area (Å²) in [4.78, 5) is 44.7. The van der Waals surface area contributed by atoms with Crippen LogP contribution in [-0.2, 0) is 16.6 Å². The van der Waals surface area contributed by atoms with Crippen LogP contribution < -0.4 is 15.8 Å². The van der Waals surface area contributed by atoms with Crippen LogP contribution in [0.25, 0.3) is 21.5 Å². The molecule has 0 unspecified atom stereocenters. The predicted octanol–water partition coefficient (Wildman–Crippen LogP) is 4.66. The molecular weight excluding hydrogens is 568 g/mol. The van der Waals surface area contributed by atoms with Crippen molar-refractivity contribution in [3.8, 4) is 5.69 Å². The quantitative estimate of drug-likeness (QED) is 0.233. The Morgan fingerprint density at radius 1 is 1.05 bits per heavy atom. The van der Waals surface area contributed by atoms with Crippen molar-refractivity contribution in [1.29, 1.82) is 5.41 Å². The van der Waals surface area contributed by atoms with Gasteiger partial charge in [-0.1, -0.05) is 36.4 Å². The highest BCUT2D eigenvalue weighted by atomic mass is 32.1. The second-order valence-corrected chi connectivity index (χ2v) is 10.9. The van der Waals surface area contributed by atoms with E-state index in [-0.39, 0.29) is 29.4 Å². The summed E-state index contributed by atoms with van der Waals surface area (Å²) in [6.07, 6.45) is 0. The van der Waals surface area contributed by atoms with E-state index in [1.807, 2.05) is 42.5 Å². The summed E-state index contributed by atoms with van der Waals surface area (Å²) in [5, 5.41) is 22.6. The number of hydrogen-bond acceptors (Lipinski definition) is 8. The van der Waals surface area contributed by atoms with Crippen LogP contribution in [0, 0.1) is 12.3 Å². The van der Waals surface area contributed by atoms with Gasteiger partial charge in [-0.25, -0.2) is 14.5 Å². The maximum absolute atomic E-state index is 13.1. The fourth-order valence-corrected chi connectivity index (χ4v) is 5.94. The topological polar surface area (TPSA) is 143 Å². The zero-order valence-electron chi connectivity index (χ0n) is 23.2. The molecule has 0 bridgehead atoms. The van der Waals surface area contributed by atoms with Gasteiger partial charge in [0.15, 0.2) is 6.61 Å². The van der Waals surface area contributed by atoms with Gasteiger partial charge < -0.3 is 20.1 Å². The number of esters is 1. The molecule has 43 heavy (non-hydrogen) atoms. The van der Waals surface area contributed by atoms with Crippen LogP contribution >= 0.6 is 11.3 Å². The summed E-state index contributed by atoms with van der Waals surface area (Å²) in [7, 11) is 1.71. The van der Waals surface area contributed by atoms with Gasteiger partial charge in [0.25, 0.3) is 11.5 Å². The van der Waals surface area contributed by atoms with Crippen LogP contribution in [0.4, 0.5) is 11.4 Å². The molecule has 0 saturated carbocycles. The number of thiazole rings is 1. The largest absolute Gasteiger partial charge is 0.510 e. The molecule has 11 nitrogen and oxygen atoms in total. The molecule has 1 amide bonds. The lowest BCUT2D eigenvalue weighted by Gasteiger charge is -2.19. The molecular formula is C31H26N6O5S. The molecule has 1 aliphatic rings. The third-order valence-corrected chi connectivity index (χ3v) is 8.21. The number of ether oxygens (including phenoxy) is 1. The van der Waals surface area contributed by atoms with E-state index in [0.29, 0.717) is 27.6 Å². The third-order valence-electron chi connectivity index (χ3n) is 7.16. The number of benzene rings is 3. The number of carbonyl (C=O) groups is 2. The van der Waals surface area contributed by atoms with Crippen molar-refractivity contribution in [2.24, 2.45) is 7.05 Å². The number of nitrogens with zero attached hydrogens (tertiary/aromatic N) is 4. The zero-order chi connectivity index (χ0) is 30.2. The number of aliphatic hydroxyl groups is 1. The van der Waals surface area contributed by atoms with Gasteiger partial charge in [0.05, 0.1) is 39.3 Å². The SMILES string of the molecule is Cc1c(NC(=O)COC(=O)c2cccc(N3CC(O)=C(c4nc5ccccc5s4)C3=N)c2)c(=O)n(-c2ccccc2)n1C. The Kier molecular flexibility index (Phi) is 7.12. The maximum atomic E-state index is 13.1. The molecule has 3 N–H and O–H groups in total. The van der Waals surface area contributed by atoms with E-state index >= 15 is 0 Å². The van der Waals surface area contributed by atoms with Gasteiger partial charge in [-0.2, -0.15) is 0 Å². The maximum Gasteiger partial charge on any atom is 0.338 e. The lowest BCUT2D eigenvalue weighted by atomic mass is 10.2. The molecule has 0 spiro atoms. The number of amides is 1. The Morgan fingerprint density at radius 3 is 2.53 bits per heavy atom. The number of carbonyl (C=O) groups excluding carboxylic acids is 2. The number of anilines is 2. The first kappa shape index (κ1) is 27.7. The highest BCUT2D eigenvalue weighted by molar-refractivity contribution is 7.19. The van der Waals surface area contributed by atoms with Crippen molar-refractivity contribution < 1.29 is 19.4 Å². The van der Waals surface area contributed by atoms with Gasteiger partial charge in [-0.15, -0.1) is 11.3 Å². The van der Waals surface area contributed by atoms with Crippen molar-refractivity contribution >= 4 is 56.2 Å². The zero-order valence-corrected chi connectivity index (χ0v) is 24.0. The monoisotopic (exact) mass is 594 g/mol. The van der Waals surface area contributed by atoms with Crippen molar-refractivity contribution in [3.05, 3.63) is 111 Å². The lowest BCUT2D eigenvalue weighted by Crippen LogP contribution is -2.27. The van der Waals surface area contributed by atoms with Gasteiger partial charge >= 0.3 is 5.97 Å². The van der Waals surface area contributed by atoms with E-state index in [9.17, 15) is 19.5 Å². The molecule has 0 saturated heterocycles. The molecule has 1 aliphatic heterocycles. The highest BCUT2D eigenvalue weighted by Gasteiger charge is 2.32. The van der Waals surface area contributed by atoms with E-state index in [1.54, 1.807) is 47.8 Å². The molecule has 12 heteroatoms. The van der Waals surface area contributed by atoms with Crippen LogP contribution in [0.1, 0.15) is 21.1 Å². The van der Waals surface area contributed by atoms with Gasteiger partial charge in [-0.3, -0.25) is 19.7 Å². The van der Waals surface area contributed by atoms with E-state index in [4.69, 9.17) is 10.1 Å². The summed E-state index contributed by atoms with van der Waals surface area (Å²) in [5.74, 6) is -1.35. The summed E-state index contributed by atoms with van der Waals surface area (Å²) >= 11 is 1.39. The molecule has 216 valence electrons. The minimum Gasteiger partial charge on any atom is -0.510 e. The Labute approximate surface area is 249 Å². The van der Waals surface area contributed by atoms with Crippen LogP contribution in [0.5, 0.6) is 0 Å². The van der Waals surface area contributed by atoms with Gasteiger partial charge in [-0.05, 0) is 49.4 Å². The second-order valence-electron chi connectivity index (χ2n) is 9.85. The lowest BCUT2D eigenvalue weighted by molar-refractivity contribution is -0.119. The summed E-state index contributed by atoms with van der Waals surface area (Å²) in [6, 6.07) is 23.0. The Balaban J connectivity index is 1.13. The van der Waals surface area contributed by atoms with Crippen molar-refractivity contribution in [2.45, 2.75) is 6.92 Å².